The van der Waals surface area contributed by atoms with E-state index in [9.17, 15) is 13.5 Å². The van der Waals surface area contributed by atoms with Crippen molar-refractivity contribution in [3.05, 3.63) is 0 Å². The molecule has 0 radical (unpaired) electrons. The minimum Gasteiger partial charge on any atom is -0.392 e. The summed E-state index contributed by atoms with van der Waals surface area (Å²) in [6, 6.07) is 0. The summed E-state index contributed by atoms with van der Waals surface area (Å²) >= 11 is 0. The lowest BCUT2D eigenvalue weighted by Gasteiger charge is -2.15. The van der Waals surface area contributed by atoms with E-state index in [-0.39, 0.29) is 0 Å². The molecule has 0 aliphatic heterocycles. The van der Waals surface area contributed by atoms with Crippen LogP contribution < -0.4 is 0 Å². The third-order valence-electron chi connectivity index (χ3n) is 3.62. The highest BCUT2D eigenvalue weighted by Gasteiger charge is 2.25. The molecule has 2 unspecified atom stereocenters. The van der Waals surface area contributed by atoms with Gasteiger partial charge in [-0.2, -0.15) is 8.42 Å². The van der Waals surface area contributed by atoms with Gasteiger partial charge in [0.2, 0.25) is 0 Å². The van der Waals surface area contributed by atoms with Crippen LogP contribution in [0.4, 0.5) is 0 Å². The fourth-order valence-corrected chi connectivity index (χ4v) is 2.63. The first-order chi connectivity index (χ1) is 8.89. The minimum atomic E-state index is -4.11. The van der Waals surface area contributed by atoms with Gasteiger partial charge in [0.05, 0.1) is 6.10 Å². The second-order valence-electron chi connectivity index (χ2n) is 5.40. The van der Waals surface area contributed by atoms with Crippen molar-refractivity contribution in [1.82, 2.24) is 0 Å². The smallest absolute Gasteiger partial charge is 0.270 e. The molecule has 0 rings (SSSR count). The van der Waals surface area contributed by atoms with Gasteiger partial charge in [-0.25, -0.2) is 0 Å². The van der Waals surface area contributed by atoms with Crippen LogP contribution in [0.2, 0.25) is 0 Å². The third kappa shape index (κ3) is 10.3. The Labute approximate surface area is 118 Å². The van der Waals surface area contributed by atoms with E-state index in [0.717, 1.165) is 19.3 Å². The van der Waals surface area contributed by atoms with Crippen LogP contribution in [0.25, 0.3) is 0 Å². The predicted molar refractivity (Wildman–Crippen MR) is 78.9 cm³/mol. The second-order valence-corrected chi connectivity index (χ2v) is 7.18. The van der Waals surface area contributed by atoms with E-state index in [1.807, 2.05) is 0 Å². The Kier molecular flexibility index (Phi) is 10.6. The molecule has 0 saturated carbocycles. The van der Waals surface area contributed by atoms with Gasteiger partial charge in [0.1, 0.15) is 5.25 Å². The van der Waals surface area contributed by atoms with Crippen molar-refractivity contribution >= 4 is 10.1 Å². The van der Waals surface area contributed by atoms with Crippen LogP contribution in [-0.2, 0) is 10.1 Å². The van der Waals surface area contributed by atoms with Crippen molar-refractivity contribution in [2.75, 3.05) is 0 Å². The molecule has 4 nitrogen and oxygen atoms in total. The molecular weight excluding hydrogens is 264 g/mol. The summed E-state index contributed by atoms with van der Waals surface area (Å²) in [5.74, 6) is 0. The van der Waals surface area contributed by atoms with E-state index in [4.69, 9.17) is 4.55 Å². The van der Waals surface area contributed by atoms with Crippen molar-refractivity contribution < 1.29 is 18.1 Å². The molecule has 5 heteroatoms. The van der Waals surface area contributed by atoms with Crippen LogP contribution in [-0.4, -0.2) is 29.4 Å². The molecule has 2 N–H and O–H groups in total. The monoisotopic (exact) mass is 294 g/mol. The van der Waals surface area contributed by atoms with E-state index >= 15 is 0 Å². The second kappa shape index (κ2) is 10.6. The maximum Gasteiger partial charge on any atom is 0.270 e. The lowest BCUT2D eigenvalue weighted by molar-refractivity contribution is 0.155. The zero-order chi connectivity index (χ0) is 14.7. The molecule has 0 aromatic heterocycles. The van der Waals surface area contributed by atoms with Gasteiger partial charge in [0.15, 0.2) is 0 Å². The average molecular weight is 294 g/mol. The first-order valence-corrected chi connectivity index (χ1v) is 9.04. The maximum absolute atomic E-state index is 10.8. The van der Waals surface area contributed by atoms with Gasteiger partial charge in [-0.15, -0.1) is 0 Å². The number of hydrogen-bond acceptors (Lipinski definition) is 3. The van der Waals surface area contributed by atoms with Gasteiger partial charge in [-0.3, -0.25) is 4.55 Å². The predicted octanol–water partition coefficient (Wildman–Crippen LogP) is 3.54. The maximum atomic E-state index is 10.8. The first-order valence-electron chi connectivity index (χ1n) is 7.54. The van der Waals surface area contributed by atoms with E-state index in [1.54, 1.807) is 0 Å². The fourth-order valence-electron chi connectivity index (χ4n) is 2.10. The van der Waals surface area contributed by atoms with Crippen molar-refractivity contribution in [3.8, 4) is 0 Å². The van der Waals surface area contributed by atoms with Crippen LogP contribution in [0.5, 0.6) is 0 Å². The molecule has 0 amide bonds. The lowest BCUT2D eigenvalue weighted by atomic mass is 10.0. The van der Waals surface area contributed by atoms with E-state index in [0.29, 0.717) is 6.42 Å². The molecule has 0 aromatic carbocycles. The van der Waals surface area contributed by atoms with E-state index < -0.39 is 21.5 Å². The SMILES string of the molecule is CCCCCCCCCCCC(O)C(C)S(=O)(=O)O. The number of rotatable bonds is 12. The molecule has 0 heterocycles. The van der Waals surface area contributed by atoms with Crippen LogP contribution in [0.3, 0.4) is 0 Å². The summed E-state index contributed by atoms with van der Waals surface area (Å²) in [4.78, 5) is 0. The van der Waals surface area contributed by atoms with Gasteiger partial charge < -0.3 is 5.11 Å². The summed E-state index contributed by atoms with van der Waals surface area (Å²) in [6.45, 7) is 3.55. The number of hydrogen-bond donors (Lipinski definition) is 2. The van der Waals surface area contributed by atoms with Crippen LogP contribution in [0, 0.1) is 0 Å². The van der Waals surface area contributed by atoms with Crippen LogP contribution in [0.15, 0.2) is 0 Å². The van der Waals surface area contributed by atoms with Crippen LogP contribution in [0.1, 0.15) is 78.1 Å². The molecule has 0 fully saturated rings. The van der Waals surface area contributed by atoms with Crippen molar-refractivity contribution in [1.29, 1.82) is 0 Å². The summed E-state index contributed by atoms with van der Waals surface area (Å²) in [5, 5.41) is 8.53. The molecule has 2 atom stereocenters. The fraction of sp³-hybridized carbons (Fsp3) is 1.00. The van der Waals surface area contributed by atoms with Crippen molar-refractivity contribution in [2.24, 2.45) is 0 Å². The Balaban J connectivity index is 3.44. The summed E-state index contributed by atoms with van der Waals surface area (Å²) in [5.41, 5.74) is 0. The van der Waals surface area contributed by atoms with Crippen LogP contribution >= 0.6 is 0 Å². The van der Waals surface area contributed by atoms with Gasteiger partial charge in [-0.1, -0.05) is 64.7 Å². The van der Waals surface area contributed by atoms with Gasteiger partial charge >= 0.3 is 0 Å². The molecule has 116 valence electrons. The Morgan fingerprint density at radius 3 is 1.74 bits per heavy atom. The standard InChI is InChI=1S/C14H30O4S/c1-3-4-5-6-7-8-9-10-11-12-14(15)13(2)19(16,17)18/h13-15H,3-12H2,1-2H3,(H,16,17,18). The number of aliphatic hydroxyl groups is 1. The number of unbranched alkanes of at least 4 members (excludes halogenated alkanes) is 8. The highest BCUT2D eigenvalue weighted by atomic mass is 32.2. The zero-order valence-electron chi connectivity index (χ0n) is 12.3. The van der Waals surface area contributed by atoms with E-state index in [2.05, 4.69) is 6.92 Å². The topological polar surface area (TPSA) is 74.6 Å². The Bertz CT molecular complexity index is 301. The Hall–Kier alpha value is -0.130. The molecule has 19 heavy (non-hydrogen) atoms. The van der Waals surface area contributed by atoms with Gasteiger partial charge in [-0.05, 0) is 13.3 Å². The molecule has 0 aliphatic rings. The van der Waals surface area contributed by atoms with Crippen molar-refractivity contribution in [2.45, 2.75) is 89.4 Å². The Morgan fingerprint density at radius 2 is 1.32 bits per heavy atom. The number of aliphatic hydroxyl groups excluding tert-OH is 1. The molecular formula is C14H30O4S. The quantitative estimate of drug-likeness (QED) is 0.426. The largest absolute Gasteiger partial charge is 0.392 e. The van der Waals surface area contributed by atoms with E-state index in [1.165, 1.54) is 45.4 Å². The highest BCUT2D eigenvalue weighted by molar-refractivity contribution is 7.86. The van der Waals surface area contributed by atoms with Gasteiger partial charge in [0.25, 0.3) is 10.1 Å². The molecule has 0 bridgehead atoms. The summed E-state index contributed by atoms with van der Waals surface area (Å²) in [7, 11) is -4.11. The Morgan fingerprint density at radius 1 is 0.895 bits per heavy atom. The molecule has 0 aromatic rings. The van der Waals surface area contributed by atoms with Gasteiger partial charge in [0, 0.05) is 0 Å². The first kappa shape index (κ1) is 18.9. The molecule has 0 saturated heterocycles. The molecule has 0 spiro atoms. The molecule has 0 aliphatic carbocycles. The average Bonchev–Trinajstić information content (AvgIpc) is 2.34. The summed E-state index contributed by atoms with van der Waals surface area (Å²) < 4.78 is 30.5. The lowest BCUT2D eigenvalue weighted by Crippen LogP contribution is -2.30. The summed E-state index contributed by atoms with van der Waals surface area (Å²) in [6.07, 6.45) is 10.1. The zero-order valence-corrected chi connectivity index (χ0v) is 13.2. The van der Waals surface area contributed by atoms with Crippen molar-refractivity contribution in [3.63, 3.8) is 0 Å². The highest BCUT2D eigenvalue weighted by Crippen LogP contribution is 2.14. The minimum absolute atomic E-state index is 0.441. The normalized spacial score (nSPS) is 15.4. The third-order valence-corrected chi connectivity index (χ3v) is 4.87.